The molecule has 4 heteroatoms. The van der Waals surface area contributed by atoms with Crippen molar-refractivity contribution in [1.29, 1.82) is 0 Å². The SMILES string of the molecule is CCCC1CCC2(CC1)CN=C(N)N2CC1CCCO1. The third-order valence-corrected chi connectivity index (χ3v) is 5.53. The van der Waals surface area contributed by atoms with Crippen LogP contribution in [0.3, 0.4) is 0 Å². The van der Waals surface area contributed by atoms with Gasteiger partial charge >= 0.3 is 0 Å². The van der Waals surface area contributed by atoms with Gasteiger partial charge in [0.25, 0.3) is 0 Å². The Morgan fingerprint density at radius 3 is 2.80 bits per heavy atom. The normalized spacial score (nSPS) is 37.6. The monoisotopic (exact) mass is 279 g/mol. The van der Waals surface area contributed by atoms with Crippen LogP contribution >= 0.6 is 0 Å². The lowest BCUT2D eigenvalue weighted by molar-refractivity contribution is 0.0454. The molecule has 2 N–H and O–H groups in total. The lowest BCUT2D eigenvalue weighted by Gasteiger charge is -2.45. The minimum Gasteiger partial charge on any atom is -0.376 e. The maximum atomic E-state index is 6.18. The molecule has 0 radical (unpaired) electrons. The molecule has 1 unspecified atom stereocenters. The molecule has 3 rings (SSSR count). The second-order valence-electron chi connectivity index (χ2n) is 6.88. The van der Waals surface area contributed by atoms with Crippen molar-refractivity contribution in [2.75, 3.05) is 19.7 Å². The van der Waals surface area contributed by atoms with E-state index in [2.05, 4.69) is 16.8 Å². The highest BCUT2D eigenvalue weighted by molar-refractivity contribution is 5.81. The first kappa shape index (κ1) is 14.2. The first-order valence-electron chi connectivity index (χ1n) is 8.43. The molecule has 1 spiro atoms. The summed E-state index contributed by atoms with van der Waals surface area (Å²) in [5.74, 6) is 1.69. The Kier molecular flexibility index (Phi) is 4.20. The molecule has 0 aromatic rings. The van der Waals surface area contributed by atoms with Crippen molar-refractivity contribution in [3.05, 3.63) is 0 Å². The quantitative estimate of drug-likeness (QED) is 0.860. The summed E-state index contributed by atoms with van der Waals surface area (Å²) >= 11 is 0. The summed E-state index contributed by atoms with van der Waals surface area (Å²) in [5, 5.41) is 0. The van der Waals surface area contributed by atoms with Crippen LogP contribution in [0, 0.1) is 5.92 Å². The molecule has 2 aliphatic heterocycles. The van der Waals surface area contributed by atoms with Gasteiger partial charge in [0.2, 0.25) is 0 Å². The van der Waals surface area contributed by atoms with Crippen LogP contribution in [-0.2, 0) is 4.74 Å². The zero-order chi connectivity index (χ0) is 14.0. The maximum absolute atomic E-state index is 6.18. The van der Waals surface area contributed by atoms with Crippen LogP contribution in [0.2, 0.25) is 0 Å². The minimum absolute atomic E-state index is 0.222. The van der Waals surface area contributed by atoms with Crippen molar-refractivity contribution in [1.82, 2.24) is 4.90 Å². The number of guanidine groups is 1. The average molecular weight is 279 g/mol. The Labute approximate surface area is 122 Å². The number of hydrogen-bond donors (Lipinski definition) is 1. The van der Waals surface area contributed by atoms with Crippen LogP contribution in [0.1, 0.15) is 58.3 Å². The Balaban J connectivity index is 1.63. The smallest absolute Gasteiger partial charge is 0.191 e. The number of nitrogens with two attached hydrogens (primary N) is 1. The second-order valence-corrected chi connectivity index (χ2v) is 6.88. The van der Waals surface area contributed by atoms with Gasteiger partial charge in [0, 0.05) is 13.2 Å². The van der Waals surface area contributed by atoms with Gasteiger partial charge in [0.15, 0.2) is 5.96 Å². The highest BCUT2D eigenvalue weighted by Gasteiger charge is 2.45. The van der Waals surface area contributed by atoms with E-state index in [1.165, 1.54) is 51.4 Å². The Bertz CT molecular complexity index is 355. The van der Waals surface area contributed by atoms with Gasteiger partial charge in [-0.2, -0.15) is 0 Å². The summed E-state index contributed by atoms with van der Waals surface area (Å²) in [4.78, 5) is 6.97. The van der Waals surface area contributed by atoms with E-state index in [0.29, 0.717) is 6.10 Å². The van der Waals surface area contributed by atoms with E-state index in [0.717, 1.165) is 31.6 Å². The molecule has 1 saturated heterocycles. The van der Waals surface area contributed by atoms with Crippen LogP contribution < -0.4 is 5.73 Å². The van der Waals surface area contributed by atoms with Crippen molar-refractivity contribution < 1.29 is 4.74 Å². The predicted octanol–water partition coefficient (Wildman–Crippen LogP) is 2.52. The van der Waals surface area contributed by atoms with Gasteiger partial charge in [-0.05, 0) is 44.4 Å². The molecule has 114 valence electrons. The summed E-state index contributed by atoms with van der Waals surface area (Å²) in [6.07, 6.45) is 10.7. The molecular formula is C16H29N3O. The van der Waals surface area contributed by atoms with Crippen molar-refractivity contribution in [2.24, 2.45) is 16.6 Å². The summed E-state index contributed by atoms with van der Waals surface area (Å²) in [5.41, 5.74) is 6.40. The fourth-order valence-corrected chi connectivity index (χ4v) is 4.26. The molecule has 0 aromatic heterocycles. The van der Waals surface area contributed by atoms with Crippen molar-refractivity contribution in [3.63, 3.8) is 0 Å². The van der Waals surface area contributed by atoms with E-state index in [-0.39, 0.29) is 5.54 Å². The average Bonchev–Trinajstić information content (AvgIpc) is 3.06. The first-order valence-corrected chi connectivity index (χ1v) is 8.43. The van der Waals surface area contributed by atoms with Gasteiger partial charge in [0.1, 0.15) is 0 Å². The lowest BCUT2D eigenvalue weighted by atomic mass is 9.74. The zero-order valence-corrected chi connectivity index (χ0v) is 12.8. The van der Waals surface area contributed by atoms with Gasteiger partial charge in [-0.15, -0.1) is 0 Å². The molecule has 1 atom stereocenters. The fraction of sp³-hybridized carbons (Fsp3) is 0.938. The minimum atomic E-state index is 0.222. The van der Waals surface area contributed by atoms with Crippen LogP contribution in [0.5, 0.6) is 0 Å². The van der Waals surface area contributed by atoms with E-state index in [4.69, 9.17) is 10.5 Å². The van der Waals surface area contributed by atoms with E-state index in [9.17, 15) is 0 Å². The topological polar surface area (TPSA) is 50.8 Å². The molecule has 0 amide bonds. The van der Waals surface area contributed by atoms with Crippen LogP contribution in [0.4, 0.5) is 0 Å². The first-order chi connectivity index (χ1) is 9.73. The van der Waals surface area contributed by atoms with Crippen molar-refractivity contribution in [3.8, 4) is 0 Å². The molecule has 20 heavy (non-hydrogen) atoms. The van der Waals surface area contributed by atoms with Gasteiger partial charge in [0.05, 0.1) is 18.2 Å². The largest absolute Gasteiger partial charge is 0.376 e. The molecule has 1 saturated carbocycles. The van der Waals surface area contributed by atoms with Gasteiger partial charge in [-0.1, -0.05) is 19.8 Å². The van der Waals surface area contributed by atoms with Crippen LogP contribution in [0.15, 0.2) is 4.99 Å². The van der Waals surface area contributed by atoms with E-state index >= 15 is 0 Å². The maximum Gasteiger partial charge on any atom is 0.191 e. The zero-order valence-electron chi connectivity index (χ0n) is 12.8. The van der Waals surface area contributed by atoms with Crippen molar-refractivity contribution in [2.45, 2.75) is 69.9 Å². The molecule has 0 aromatic carbocycles. The summed E-state index contributed by atoms with van der Waals surface area (Å²) < 4.78 is 5.80. The number of rotatable bonds is 4. The molecular weight excluding hydrogens is 250 g/mol. The number of hydrogen-bond acceptors (Lipinski definition) is 4. The Hall–Kier alpha value is -0.770. The molecule has 2 fully saturated rings. The molecule has 0 bridgehead atoms. The third-order valence-electron chi connectivity index (χ3n) is 5.53. The van der Waals surface area contributed by atoms with E-state index < -0.39 is 0 Å². The van der Waals surface area contributed by atoms with Crippen LogP contribution in [-0.4, -0.2) is 42.2 Å². The molecule has 4 nitrogen and oxygen atoms in total. The highest BCUT2D eigenvalue weighted by atomic mass is 16.5. The molecule has 2 heterocycles. The predicted molar refractivity (Wildman–Crippen MR) is 81.8 cm³/mol. The van der Waals surface area contributed by atoms with Gasteiger partial charge in [-0.25, -0.2) is 0 Å². The van der Waals surface area contributed by atoms with Gasteiger partial charge < -0.3 is 15.4 Å². The summed E-state index contributed by atoms with van der Waals surface area (Å²) in [6.45, 7) is 5.07. The van der Waals surface area contributed by atoms with Crippen LogP contribution in [0.25, 0.3) is 0 Å². The fourth-order valence-electron chi connectivity index (χ4n) is 4.26. The lowest BCUT2D eigenvalue weighted by Crippen LogP contribution is -2.55. The highest BCUT2D eigenvalue weighted by Crippen LogP contribution is 2.41. The van der Waals surface area contributed by atoms with E-state index in [1.54, 1.807) is 0 Å². The standard InChI is InChI=1S/C16H29N3O/c1-2-4-13-6-8-16(9-7-13)12-18-15(17)19(16)11-14-5-3-10-20-14/h13-14H,2-12H2,1H3,(H2,17,18). The number of nitrogens with zero attached hydrogens (tertiary/aromatic N) is 2. The summed E-state index contributed by atoms with van der Waals surface area (Å²) in [6, 6.07) is 0. The van der Waals surface area contributed by atoms with E-state index in [1.807, 2.05) is 0 Å². The molecule has 1 aliphatic carbocycles. The Morgan fingerprint density at radius 2 is 2.15 bits per heavy atom. The third kappa shape index (κ3) is 2.67. The van der Waals surface area contributed by atoms with Crippen molar-refractivity contribution >= 4 is 5.96 Å². The second kappa shape index (κ2) is 5.92. The molecule has 3 aliphatic rings. The summed E-state index contributed by atoms with van der Waals surface area (Å²) in [7, 11) is 0. The number of aliphatic imine (C=N–C) groups is 1. The number of ether oxygens (including phenoxy) is 1. The van der Waals surface area contributed by atoms with Gasteiger partial charge in [-0.3, -0.25) is 4.99 Å². The Morgan fingerprint density at radius 1 is 1.35 bits per heavy atom.